The lowest BCUT2D eigenvalue weighted by molar-refractivity contribution is -0.143. The van der Waals surface area contributed by atoms with Gasteiger partial charge in [-0.3, -0.25) is 29.1 Å². The molecule has 428 valence electrons. The molecule has 4 aromatic carbocycles. The van der Waals surface area contributed by atoms with Gasteiger partial charge in [-0.25, -0.2) is 8.78 Å². The summed E-state index contributed by atoms with van der Waals surface area (Å²) in [7, 11) is -1.33. The second-order valence-corrected chi connectivity index (χ2v) is 34.5. The second kappa shape index (κ2) is 25.1. The highest BCUT2D eigenvalue weighted by Crippen LogP contribution is 2.50. The van der Waals surface area contributed by atoms with Crippen molar-refractivity contribution >= 4 is 62.2 Å². The lowest BCUT2D eigenvalue weighted by Gasteiger charge is -2.42. The van der Waals surface area contributed by atoms with E-state index in [2.05, 4.69) is 89.2 Å². The van der Waals surface area contributed by atoms with Crippen molar-refractivity contribution < 1.29 is 46.7 Å². The Morgan fingerprint density at radius 3 is 1.25 bits per heavy atom. The molecule has 2 aliphatic heterocycles. The Morgan fingerprint density at radius 1 is 0.575 bits per heavy atom. The molecule has 2 amide bonds. The van der Waals surface area contributed by atoms with E-state index in [1.165, 1.54) is 24.3 Å². The Bertz CT molecular complexity index is 3230. The Labute approximate surface area is 473 Å². The Kier molecular flexibility index (Phi) is 19.2. The molecule has 0 aliphatic carbocycles. The predicted octanol–water partition coefficient (Wildman–Crippen LogP) is 14.7. The minimum absolute atomic E-state index is 0.0511. The van der Waals surface area contributed by atoms with Crippen LogP contribution in [0.1, 0.15) is 168 Å². The predicted molar refractivity (Wildman–Crippen MR) is 318 cm³/mol. The number of carbonyl (C=O) groups excluding carboxylic acids is 3. The van der Waals surface area contributed by atoms with Gasteiger partial charge in [0.2, 0.25) is 0 Å². The number of ether oxygens (including phenoxy) is 1. The third-order valence-corrected chi connectivity index (χ3v) is 28.7. The molecule has 0 saturated heterocycles. The maximum Gasteiger partial charge on any atom is 0.306 e. The van der Waals surface area contributed by atoms with Gasteiger partial charge in [-0.05, 0) is 147 Å². The molecule has 0 spiro atoms. The molecule has 80 heavy (non-hydrogen) atoms. The van der Waals surface area contributed by atoms with Gasteiger partial charge < -0.3 is 28.5 Å². The number of carboxylic acids is 1. The zero-order valence-electron chi connectivity index (χ0n) is 49.6. The van der Waals surface area contributed by atoms with Crippen LogP contribution in [-0.2, 0) is 53.1 Å². The first kappa shape index (κ1) is 61.1. The van der Waals surface area contributed by atoms with Crippen molar-refractivity contribution in [1.29, 1.82) is 0 Å². The third-order valence-electron chi connectivity index (χ3n) is 16.8. The first-order valence-electron chi connectivity index (χ1n) is 28.4. The molecular formula is C64H82F2N4O8Si2. The number of pyridine rings is 2. The molecule has 0 fully saturated rings. The van der Waals surface area contributed by atoms with E-state index in [1.807, 2.05) is 12.3 Å². The summed E-state index contributed by atoms with van der Waals surface area (Å²) in [6, 6.07) is 17.0. The molecule has 1 N–H and O–H groups in total. The summed E-state index contributed by atoms with van der Waals surface area (Å²) in [6.45, 7) is 29.6. The molecule has 4 heterocycles. The quantitative estimate of drug-likeness (QED) is 0.0545. The first-order valence-corrected chi connectivity index (χ1v) is 32.7. The number of aryl methyl sites for hydroxylation is 2. The molecule has 0 atom stereocenters. The molecule has 2 aliphatic rings. The highest BCUT2D eigenvalue weighted by Gasteiger charge is 2.50. The molecule has 16 heteroatoms. The number of carboxylic acid groups (broad SMARTS) is 1. The molecular weight excluding hydrogens is 1050 g/mol. The molecule has 12 nitrogen and oxygen atoms in total. The number of fused-ring (bicyclic) bond motifs is 4. The molecule has 2 aromatic heterocycles. The number of nitrogens with zero attached hydrogens (tertiary/aromatic N) is 4. The Morgan fingerprint density at radius 2 is 0.925 bits per heavy atom. The van der Waals surface area contributed by atoms with E-state index < -0.39 is 22.6 Å². The maximum atomic E-state index is 13.7. The minimum atomic E-state index is -2.45. The van der Waals surface area contributed by atoms with Gasteiger partial charge in [-0.2, -0.15) is 0 Å². The standard InChI is InChI=1S/C33H43FN2O4Si.C31H39FN2O4Si/c1-9-39-29(37)15-14-26-27-17-24(16-23-10-12-25(34)13-11-23)18-35-31(27)32(30-28(26)19-36(8)33(30)38)40-41(20(2)3,21(4)5)22(6)7;1-18(2)39(19(3)4,20(5)6)38-30-28-26(17-34(7)31(28)37)24(12-13-27(35)36)25-15-22(16-33-29(25)30)14-21-8-10-23(32)11-9-21/h10-13,17-18,20-22H,9,14-16,19H2,1-8H3;8-11,15-16,18-20H,12-14,17H2,1-7H3,(H,35,36). The number of amides is 2. The van der Waals surface area contributed by atoms with E-state index in [0.717, 1.165) is 55.3 Å². The Balaban J connectivity index is 0.000000231. The fourth-order valence-electron chi connectivity index (χ4n) is 13.2. The molecule has 8 rings (SSSR count). The minimum Gasteiger partial charge on any atom is -0.541 e. The lowest BCUT2D eigenvalue weighted by atomic mass is 9.92. The van der Waals surface area contributed by atoms with Crippen LogP contribution in [0.4, 0.5) is 8.78 Å². The second-order valence-electron chi connectivity index (χ2n) is 23.8. The van der Waals surface area contributed by atoms with Crippen LogP contribution in [0.15, 0.2) is 73.1 Å². The summed E-state index contributed by atoms with van der Waals surface area (Å²) >= 11 is 0. The van der Waals surface area contributed by atoms with E-state index in [-0.39, 0.29) is 42.3 Å². The average molecular weight is 1130 g/mol. The van der Waals surface area contributed by atoms with Crippen LogP contribution in [0.25, 0.3) is 21.8 Å². The number of rotatable bonds is 21. The monoisotopic (exact) mass is 1130 g/mol. The summed E-state index contributed by atoms with van der Waals surface area (Å²) in [5, 5.41) is 11.2. The molecule has 0 unspecified atom stereocenters. The number of aromatic nitrogens is 2. The van der Waals surface area contributed by atoms with Gasteiger partial charge in [-0.1, -0.05) is 107 Å². The van der Waals surface area contributed by atoms with Crippen LogP contribution >= 0.6 is 0 Å². The highest BCUT2D eigenvalue weighted by molar-refractivity contribution is 6.79. The summed E-state index contributed by atoms with van der Waals surface area (Å²) < 4.78 is 46.7. The van der Waals surface area contributed by atoms with Gasteiger partial charge in [0, 0.05) is 63.2 Å². The van der Waals surface area contributed by atoms with Crippen molar-refractivity contribution in [2.75, 3.05) is 20.7 Å². The van der Waals surface area contributed by atoms with E-state index in [1.54, 1.807) is 61.3 Å². The fraction of sp³-hybridized carbons (Fsp3) is 0.469. The van der Waals surface area contributed by atoms with Crippen molar-refractivity contribution in [1.82, 2.24) is 19.8 Å². The SMILES string of the molecule is CC(C)[Si](Oc1c2c(c(CCC(=O)O)c3cc(Cc4ccc(F)cc4)cnc13)CN(C)C2=O)(C(C)C)C(C)C.CCOC(=O)CCc1c2c(c(O[Si](C(C)C)(C(C)C)C(C)C)c3ncc(Cc4ccc(F)cc4)cc13)C(=O)N(C)C2. The number of benzene rings is 4. The van der Waals surface area contributed by atoms with Gasteiger partial charge >= 0.3 is 11.9 Å². The van der Waals surface area contributed by atoms with E-state index in [0.29, 0.717) is 112 Å². The van der Waals surface area contributed by atoms with Gasteiger partial charge in [-0.15, -0.1) is 0 Å². The molecule has 6 aromatic rings. The number of hydrogen-bond acceptors (Lipinski definition) is 9. The first-order chi connectivity index (χ1) is 37.8. The van der Waals surface area contributed by atoms with Crippen molar-refractivity contribution in [2.45, 2.75) is 175 Å². The van der Waals surface area contributed by atoms with Crippen LogP contribution < -0.4 is 8.85 Å². The highest BCUT2D eigenvalue weighted by atomic mass is 28.4. The van der Waals surface area contributed by atoms with Crippen LogP contribution in [-0.4, -0.2) is 86.0 Å². The van der Waals surface area contributed by atoms with Gasteiger partial charge in [0.1, 0.15) is 34.2 Å². The zero-order chi connectivity index (χ0) is 58.7. The smallest absolute Gasteiger partial charge is 0.306 e. The van der Waals surface area contributed by atoms with Crippen LogP contribution in [0.2, 0.25) is 33.2 Å². The number of aliphatic carboxylic acids is 1. The number of hydrogen-bond donors (Lipinski definition) is 1. The third kappa shape index (κ3) is 12.2. The lowest BCUT2D eigenvalue weighted by Crippen LogP contribution is -2.51. The van der Waals surface area contributed by atoms with E-state index in [9.17, 15) is 33.1 Å². The normalized spacial score (nSPS) is 13.6. The molecule has 0 radical (unpaired) electrons. The van der Waals surface area contributed by atoms with Crippen LogP contribution in [0, 0.1) is 11.6 Å². The molecule has 0 bridgehead atoms. The summed E-state index contributed by atoms with van der Waals surface area (Å²) in [6.07, 6.45) is 5.62. The fourth-order valence-corrected chi connectivity index (χ4v) is 23.7. The zero-order valence-corrected chi connectivity index (χ0v) is 51.6. The average Bonchev–Trinajstić information content (AvgIpc) is 4.02. The topological polar surface area (TPSA) is 148 Å². The van der Waals surface area contributed by atoms with Crippen molar-refractivity contribution in [3.05, 3.63) is 140 Å². The number of halogens is 2. The van der Waals surface area contributed by atoms with Gasteiger partial charge in [0.25, 0.3) is 28.4 Å². The van der Waals surface area contributed by atoms with E-state index >= 15 is 0 Å². The van der Waals surface area contributed by atoms with Crippen LogP contribution in [0.3, 0.4) is 0 Å². The number of carbonyl (C=O) groups is 4. The summed E-state index contributed by atoms with van der Waals surface area (Å²) in [5.41, 5.74) is 11.5. The van der Waals surface area contributed by atoms with Gasteiger partial charge in [0.05, 0.1) is 17.7 Å². The van der Waals surface area contributed by atoms with Gasteiger partial charge in [0.15, 0.2) is 0 Å². The van der Waals surface area contributed by atoms with E-state index in [4.69, 9.17) is 23.6 Å². The van der Waals surface area contributed by atoms with Crippen molar-refractivity contribution in [3.63, 3.8) is 0 Å². The van der Waals surface area contributed by atoms with Crippen molar-refractivity contribution in [2.24, 2.45) is 0 Å². The van der Waals surface area contributed by atoms with Crippen molar-refractivity contribution in [3.8, 4) is 11.5 Å². The summed E-state index contributed by atoms with van der Waals surface area (Å²) in [4.78, 5) is 64.5. The molecule has 0 saturated carbocycles. The number of esters is 1. The Hall–Kier alpha value is -6.53. The largest absolute Gasteiger partial charge is 0.541 e. The van der Waals surface area contributed by atoms with Crippen LogP contribution in [0.5, 0.6) is 11.5 Å². The maximum absolute atomic E-state index is 13.7. The summed E-state index contributed by atoms with van der Waals surface area (Å²) in [5.74, 6) is -0.785.